The molecule has 0 aliphatic carbocycles. The molecule has 0 fully saturated rings. The van der Waals surface area contributed by atoms with Crippen LogP contribution in [0.25, 0.3) is 10.4 Å². The third-order valence-electron chi connectivity index (χ3n) is 1.87. The zero-order valence-corrected chi connectivity index (χ0v) is 7.42. The number of ether oxygens (including phenoxy) is 1. The van der Waals surface area contributed by atoms with E-state index in [1.807, 2.05) is 18.2 Å². The van der Waals surface area contributed by atoms with E-state index in [4.69, 9.17) is 10.3 Å². The predicted molar refractivity (Wildman–Crippen MR) is 52.6 cm³/mol. The Bertz CT molecular complexity index is 421. The maximum atomic E-state index is 8.36. The summed E-state index contributed by atoms with van der Waals surface area (Å²) in [4.78, 5) is 6.91. The van der Waals surface area contributed by atoms with Gasteiger partial charge in [0.05, 0.1) is 12.2 Å². The fourth-order valence-corrected chi connectivity index (χ4v) is 1.29. The van der Waals surface area contributed by atoms with Crippen LogP contribution >= 0.6 is 0 Å². The lowest BCUT2D eigenvalue weighted by atomic mass is 10.2. The fraction of sp³-hybridized carbons (Fsp3) is 0.222. The Morgan fingerprint density at radius 1 is 1.43 bits per heavy atom. The molecule has 0 saturated carbocycles. The quantitative estimate of drug-likeness (QED) is 0.399. The number of azide groups is 1. The van der Waals surface area contributed by atoms with Crippen LogP contribution in [0.4, 0.5) is 5.69 Å². The van der Waals surface area contributed by atoms with Gasteiger partial charge in [-0.3, -0.25) is 0 Å². The van der Waals surface area contributed by atoms with Gasteiger partial charge >= 0.3 is 0 Å². The summed E-state index contributed by atoms with van der Waals surface area (Å²) in [7, 11) is 0. The molecule has 2 rings (SSSR count). The van der Waals surface area contributed by atoms with E-state index in [1.165, 1.54) is 0 Å². The summed E-state index contributed by atoms with van der Waals surface area (Å²) < 4.78 is 5.29. The summed E-state index contributed by atoms with van der Waals surface area (Å²) in [6, 6.07) is 7.23. The molecule has 0 atom stereocenters. The average Bonchev–Trinajstić information content (AvgIpc) is 2.72. The minimum atomic E-state index is 0.552. The largest absolute Gasteiger partial charge is 0.476 e. The van der Waals surface area contributed by atoms with Crippen LogP contribution in [-0.2, 0) is 4.74 Å². The van der Waals surface area contributed by atoms with Gasteiger partial charge in [-0.2, -0.15) is 0 Å². The first-order valence-electron chi connectivity index (χ1n) is 4.23. The zero-order valence-electron chi connectivity index (χ0n) is 7.42. The maximum Gasteiger partial charge on any atom is 0.216 e. The molecule has 1 aliphatic heterocycles. The molecule has 14 heavy (non-hydrogen) atoms. The second-order valence-corrected chi connectivity index (χ2v) is 2.74. The minimum absolute atomic E-state index is 0.552. The second-order valence-electron chi connectivity index (χ2n) is 2.74. The number of benzene rings is 1. The highest BCUT2D eigenvalue weighted by Gasteiger charge is 2.12. The van der Waals surface area contributed by atoms with Crippen LogP contribution < -0.4 is 0 Å². The van der Waals surface area contributed by atoms with Crippen molar-refractivity contribution in [2.45, 2.75) is 0 Å². The zero-order chi connectivity index (χ0) is 9.80. The summed E-state index contributed by atoms with van der Waals surface area (Å²) in [6.07, 6.45) is 0. The molecule has 0 unspecified atom stereocenters. The number of hydrogen-bond donors (Lipinski definition) is 0. The Kier molecular flexibility index (Phi) is 2.34. The Balaban J connectivity index is 2.45. The highest BCUT2D eigenvalue weighted by atomic mass is 16.5. The molecular formula is C9H8N4O. The number of nitrogens with zero attached hydrogens (tertiary/aromatic N) is 4. The van der Waals surface area contributed by atoms with Crippen LogP contribution in [0.15, 0.2) is 34.4 Å². The molecule has 70 valence electrons. The van der Waals surface area contributed by atoms with E-state index in [-0.39, 0.29) is 0 Å². The van der Waals surface area contributed by atoms with Crippen LogP contribution in [-0.4, -0.2) is 19.0 Å². The van der Waals surface area contributed by atoms with Gasteiger partial charge in [0.1, 0.15) is 6.61 Å². The monoisotopic (exact) mass is 188 g/mol. The lowest BCUT2D eigenvalue weighted by Crippen LogP contribution is -2.00. The summed E-state index contributed by atoms with van der Waals surface area (Å²) in [6.45, 7) is 1.26. The number of hydrogen-bond acceptors (Lipinski definition) is 3. The third-order valence-corrected chi connectivity index (χ3v) is 1.87. The van der Waals surface area contributed by atoms with Crippen LogP contribution in [0.1, 0.15) is 5.56 Å². The smallest absolute Gasteiger partial charge is 0.216 e. The van der Waals surface area contributed by atoms with Crippen molar-refractivity contribution < 1.29 is 4.74 Å². The Morgan fingerprint density at radius 3 is 3.00 bits per heavy atom. The van der Waals surface area contributed by atoms with Gasteiger partial charge in [0.2, 0.25) is 5.90 Å². The van der Waals surface area contributed by atoms with E-state index in [0.717, 1.165) is 5.56 Å². The van der Waals surface area contributed by atoms with Gasteiger partial charge in [0.15, 0.2) is 0 Å². The Hall–Kier alpha value is -2.00. The highest BCUT2D eigenvalue weighted by molar-refractivity contribution is 5.99. The third kappa shape index (κ3) is 1.53. The van der Waals surface area contributed by atoms with Crippen molar-refractivity contribution in [3.8, 4) is 0 Å². The predicted octanol–water partition coefficient (Wildman–Crippen LogP) is 2.41. The molecule has 0 radical (unpaired) electrons. The van der Waals surface area contributed by atoms with E-state index in [2.05, 4.69) is 15.0 Å². The second kappa shape index (κ2) is 3.81. The number of rotatable bonds is 2. The van der Waals surface area contributed by atoms with Crippen LogP contribution in [0.2, 0.25) is 0 Å². The van der Waals surface area contributed by atoms with E-state index in [9.17, 15) is 0 Å². The molecule has 1 aromatic carbocycles. The van der Waals surface area contributed by atoms with Crippen molar-refractivity contribution in [2.75, 3.05) is 13.2 Å². The van der Waals surface area contributed by atoms with Gasteiger partial charge in [-0.05, 0) is 11.6 Å². The molecule has 0 bridgehead atoms. The molecule has 0 aromatic heterocycles. The standard InChI is InChI=1S/C9H8N4O/c10-13-12-8-4-2-1-3-7(8)9-11-5-6-14-9/h1-4H,5-6H2. The molecule has 5 nitrogen and oxygen atoms in total. The Labute approximate surface area is 80.7 Å². The van der Waals surface area contributed by atoms with Crippen molar-refractivity contribution >= 4 is 11.6 Å². The molecule has 1 heterocycles. The maximum absolute atomic E-state index is 8.36. The van der Waals surface area contributed by atoms with E-state index < -0.39 is 0 Å². The van der Waals surface area contributed by atoms with Crippen LogP contribution in [0, 0.1) is 0 Å². The average molecular weight is 188 g/mol. The van der Waals surface area contributed by atoms with Crippen molar-refractivity contribution in [2.24, 2.45) is 10.1 Å². The topological polar surface area (TPSA) is 70.4 Å². The van der Waals surface area contributed by atoms with Crippen molar-refractivity contribution in [1.82, 2.24) is 0 Å². The molecular weight excluding hydrogens is 180 g/mol. The van der Waals surface area contributed by atoms with E-state index in [1.54, 1.807) is 6.07 Å². The minimum Gasteiger partial charge on any atom is -0.476 e. The SMILES string of the molecule is [N-]=[N+]=Nc1ccccc1C1=NCCO1. The summed E-state index contributed by atoms with van der Waals surface area (Å²) in [5.74, 6) is 0.563. The van der Waals surface area contributed by atoms with Gasteiger partial charge in [0, 0.05) is 10.5 Å². The van der Waals surface area contributed by atoms with Gasteiger partial charge in [-0.15, -0.1) is 0 Å². The molecule has 0 saturated heterocycles. The Morgan fingerprint density at radius 2 is 2.29 bits per heavy atom. The molecule has 1 aliphatic rings. The first-order valence-corrected chi connectivity index (χ1v) is 4.23. The molecule has 0 spiro atoms. The molecule has 5 heteroatoms. The van der Waals surface area contributed by atoms with Gasteiger partial charge in [-0.1, -0.05) is 23.3 Å². The highest BCUT2D eigenvalue weighted by Crippen LogP contribution is 2.21. The van der Waals surface area contributed by atoms with Gasteiger partial charge in [0.25, 0.3) is 0 Å². The first kappa shape index (κ1) is 8.59. The lowest BCUT2D eigenvalue weighted by Gasteiger charge is -2.03. The lowest BCUT2D eigenvalue weighted by molar-refractivity contribution is 0.348. The number of aliphatic imine (C=N–C) groups is 1. The van der Waals surface area contributed by atoms with Gasteiger partial charge in [-0.25, -0.2) is 4.99 Å². The molecule has 0 amide bonds. The summed E-state index contributed by atoms with van der Waals surface area (Å²) >= 11 is 0. The van der Waals surface area contributed by atoms with Crippen molar-refractivity contribution in [3.63, 3.8) is 0 Å². The molecule has 1 aromatic rings. The first-order chi connectivity index (χ1) is 6.92. The summed E-state index contributed by atoms with van der Waals surface area (Å²) in [5.41, 5.74) is 9.67. The normalized spacial score (nSPS) is 14.1. The summed E-state index contributed by atoms with van der Waals surface area (Å²) in [5, 5.41) is 3.57. The van der Waals surface area contributed by atoms with Crippen LogP contribution in [0.3, 0.4) is 0 Å². The van der Waals surface area contributed by atoms with Crippen molar-refractivity contribution in [3.05, 3.63) is 40.3 Å². The molecule has 0 N–H and O–H groups in total. The van der Waals surface area contributed by atoms with Crippen LogP contribution in [0.5, 0.6) is 0 Å². The van der Waals surface area contributed by atoms with Gasteiger partial charge < -0.3 is 4.74 Å². The van der Waals surface area contributed by atoms with Crippen molar-refractivity contribution in [1.29, 1.82) is 0 Å². The fourth-order valence-electron chi connectivity index (χ4n) is 1.29. The van der Waals surface area contributed by atoms with E-state index in [0.29, 0.717) is 24.7 Å². The van der Waals surface area contributed by atoms with E-state index >= 15 is 0 Å².